The van der Waals surface area contributed by atoms with Crippen LogP contribution in [-0.4, -0.2) is 22.3 Å². The highest BCUT2D eigenvalue weighted by molar-refractivity contribution is 5.97. The Morgan fingerprint density at radius 1 is 1.13 bits per heavy atom. The second kappa shape index (κ2) is 6.90. The van der Waals surface area contributed by atoms with E-state index in [2.05, 4.69) is 17.3 Å². The van der Waals surface area contributed by atoms with Gasteiger partial charge in [0.1, 0.15) is 5.75 Å². The monoisotopic (exact) mass is 403 g/mol. The van der Waals surface area contributed by atoms with Crippen LogP contribution in [0.3, 0.4) is 0 Å². The molecule has 6 heteroatoms. The van der Waals surface area contributed by atoms with Crippen LogP contribution >= 0.6 is 0 Å². The maximum absolute atomic E-state index is 12.8. The van der Waals surface area contributed by atoms with E-state index in [1.807, 2.05) is 56.4 Å². The highest BCUT2D eigenvalue weighted by Crippen LogP contribution is 2.57. The maximum Gasteiger partial charge on any atom is 0.340 e. The number of hydrogen-bond donors (Lipinski definition) is 1. The third-order valence-corrected chi connectivity index (χ3v) is 5.97. The van der Waals surface area contributed by atoms with Crippen molar-refractivity contribution >= 4 is 11.7 Å². The minimum atomic E-state index is -1.05. The fraction of sp³-hybridized carbons (Fsp3) is 0.333. The molecule has 0 aliphatic carbocycles. The Bertz CT molecular complexity index is 1150. The fourth-order valence-corrected chi connectivity index (χ4v) is 4.62. The summed E-state index contributed by atoms with van der Waals surface area (Å²) < 4.78 is 14.2. The molecule has 3 aromatic rings. The van der Waals surface area contributed by atoms with Crippen LogP contribution in [0.4, 0.5) is 5.69 Å². The standard InChI is InChI=1S/C24H25N3O3/c1-4-5-8-13-25-16-11-12-19-20(14-16)29-22-21(15(2)26-27(22)3)24(19)18-10-7-6-9-17(18)23(28)30-24/h6-7,9-12,14,25H,4-5,8,13H2,1-3H3. The molecule has 1 atom stereocenters. The molecule has 1 N–H and O–H groups in total. The molecule has 1 aromatic heterocycles. The largest absolute Gasteiger partial charge is 0.440 e. The Morgan fingerprint density at radius 2 is 1.97 bits per heavy atom. The van der Waals surface area contributed by atoms with Crippen molar-refractivity contribution in [3.63, 3.8) is 0 Å². The highest BCUT2D eigenvalue weighted by atomic mass is 16.6. The van der Waals surface area contributed by atoms with E-state index >= 15 is 0 Å². The third-order valence-electron chi connectivity index (χ3n) is 5.97. The summed E-state index contributed by atoms with van der Waals surface area (Å²) in [4.78, 5) is 12.8. The molecule has 5 rings (SSSR count). The molecular weight excluding hydrogens is 378 g/mol. The molecule has 2 aliphatic rings. The van der Waals surface area contributed by atoms with Gasteiger partial charge in [-0.3, -0.25) is 0 Å². The summed E-state index contributed by atoms with van der Waals surface area (Å²) in [6.45, 7) is 5.03. The first-order chi connectivity index (χ1) is 14.6. The molecule has 0 amide bonds. The van der Waals surface area contributed by atoms with Crippen molar-refractivity contribution in [2.24, 2.45) is 7.05 Å². The molecular formula is C24H25N3O3. The van der Waals surface area contributed by atoms with Crippen LogP contribution in [-0.2, 0) is 17.4 Å². The molecule has 0 radical (unpaired) electrons. The summed E-state index contributed by atoms with van der Waals surface area (Å²) >= 11 is 0. The Hall–Kier alpha value is -3.28. The maximum atomic E-state index is 12.8. The Balaban J connectivity index is 1.67. The zero-order chi connectivity index (χ0) is 20.9. The summed E-state index contributed by atoms with van der Waals surface area (Å²) in [7, 11) is 1.85. The van der Waals surface area contributed by atoms with Crippen LogP contribution in [0.2, 0.25) is 0 Å². The number of benzene rings is 2. The number of fused-ring (bicyclic) bond motifs is 6. The van der Waals surface area contributed by atoms with Gasteiger partial charge < -0.3 is 14.8 Å². The third kappa shape index (κ3) is 2.56. The lowest BCUT2D eigenvalue weighted by Crippen LogP contribution is -2.33. The summed E-state index contributed by atoms with van der Waals surface area (Å²) in [5, 5.41) is 8.04. The van der Waals surface area contributed by atoms with Crippen LogP contribution < -0.4 is 10.1 Å². The quantitative estimate of drug-likeness (QED) is 0.485. The molecule has 0 fully saturated rings. The van der Waals surface area contributed by atoms with Gasteiger partial charge in [-0.1, -0.05) is 38.0 Å². The first-order valence-corrected chi connectivity index (χ1v) is 10.5. The number of esters is 1. The number of carbonyl (C=O) groups excluding carboxylic acids is 1. The second-order valence-corrected chi connectivity index (χ2v) is 7.95. The van der Waals surface area contributed by atoms with Crippen LogP contribution in [0, 0.1) is 6.92 Å². The van der Waals surface area contributed by atoms with Crippen molar-refractivity contribution in [2.75, 3.05) is 11.9 Å². The average molecular weight is 403 g/mol. The number of aromatic nitrogens is 2. The molecule has 6 nitrogen and oxygen atoms in total. The number of nitrogens with one attached hydrogen (secondary N) is 1. The van der Waals surface area contributed by atoms with Gasteiger partial charge in [-0.2, -0.15) is 5.10 Å². The van der Waals surface area contributed by atoms with Crippen LogP contribution in [0.1, 0.15) is 58.9 Å². The van der Waals surface area contributed by atoms with Crippen molar-refractivity contribution in [3.8, 4) is 11.6 Å². The molecule has 2 aliphatic heterocycles. The molecule has 1 spiro atoms. The first kappa shape index (κ1) is 18.7. The number of carbonyl (C=O) groups is 1. The van der Waals surface area contributed by atoms with E-state index in [4.69, 9.17) is 9.47 Å². The van der Waals surface area contributed by atoms with Gasteiger partial charge in [-0.15, -0.1) is 0 Å². The van der Waals surface area contributed by atoms with Gasteiger partial charge in [0, 0.05) is 36.5 Å². The number of unbranched alkanes of at least 4 members (excludes halogenated alkanes) is 2. The molecule has 1 unspecified atom stereocenters. The van der Waals surface area contributed by atoms with Crippen molar-refractivity contribution < 1.29 is 14.3 Å². The van der Waals surface area contributed by atoms with Gasteiger partial charge in [-0.25, -0.2) is 9.48 Å². The van der Waals surface area contributed by atoms with Gasteiger partial charge in [0.05, 0.1) is 16.8 Å². The SMILES string of the molecule is CCCCCNc1ccc2c(c1)Oc1c(c(C)nn1C)C21OC(=O)c2ccccc21. The molecule has 3 heterocycles. The normalized spacial score (nSPS) is 18.4. The van der Waals surface area contributed by atoms with Crippen LogP contribution in [0.5, 0.6) is 11.6 Å². The summed E-state index contributed by atoms with van der Waals surface area (Å²) in [6, 6.07) is 13.6. The number of hydrogen-bond acceptors (Lipinski definition) is 5. The smallest absolute Gasteiger partial charge is 0.340 e. The zero-order valence-electron chi connectivity index (χ0n) is 17.5. The van der Waals surface area contributed by atoms with Gasteiger partial charge in [0.2, 0.25) is 5.88 Å². The Kier molecular flexibility index (Phi) is 4.31. The van der Waals surface area contributed by atoms with Gasteiger partial charge in [0.25, 0.3) is 0 Å². The molecule has 30 heavy (non-hydrogen) atoms. The lowest BCUT2D eigenvalue weighted by molar-refractivity contribution is 0.0221. The molecule has 0 saturated heterocycles. The molecule has 154 valence electrons. The minimum absolute atomic E-state index is 0.325. The van der Waals surface area contributed by atoms with Crippen molar-refractivity contribution in [1.82, 2.24) is 9.78 Å². The van der Waals surface area contributed by atoms with E-state index < -0.39 is 5.60 Å². The van der Waals surface area contributed by atoms with Crippen molar-refractivity contribution in [3.05, 3.63) is 70.4 Å². The molecule has 2 aromatic carbocycles. The minimum Gasteiger partial charge on any atom is -0.440 e. The Morgan fingerprint density at radius 3 is 2.80 bits per heavy atom. The number of anilines is 1. The molecule has 0 bridgehead atoms. The van der Waals surface area contributed by atoms with Gasteiger partial charge in [-0.05, 0) is 31.5 Å². The van der Waals surface area contributed by atoms with E-state index in [-0.39, 0.29) is 5.97 Å². The lowest BCUT2D eigenvalue weighted by atomic mass is 9.78. The zero-order valence-corrected chi connectivity index (χ0v) is 17.5. The fourth-order valence-electron chi connectivity index (χ4n) is 4.62. The Labute approximate surface area is 175 Å². The van der Waals surface area contributed by atoms with Gasteiger partial charge in [0.15, 0.2) is 5.60 Å². The predicted molar refractivity (Wildman–Crippen MR) is 114 cm³/mol. The predicted octanol–water partition coefficient (Wildman–Crippen LogP) is 4.90. The number of aryl methyl sites for hydroxylation is 2. The van der Waals surface area contributed by atoms with Crippen LogP contribution in [0.15, 0.2) is 42.5 Å². The first-order valence-electron chi connectivity index (χ1n) is 10.5. The van der Waals surface area contributed by atoms with E-state index in [1.165, 1.54) is 12.8 Å². The highest BCUT2D eigenvalue weighted by Gasteiger charge is 2.55. The number of ether oxygens (including phenoxy) is 2. The van der Waals surface area contributed by atoms with E-state index in [0.717, 1.165) is 41.0 Å². The number of nitrogens with zero attached hydrogens (tertiary/aromatic N) is 2. The summed E-state index contributed by atoms with van der Waals surface area (Å²) in [5.74, 6) is 0.956. The lowest BCUT2D eigenvalue weighted by Gasteiger charge is -2.35. The number of rotatable bonds is 5. The van der Waals surface area contributed by atoms with Crippen molar-refractivity contribution in [1.29, 1.82) is 0 Å². The van der Waals surface area contributed by atoms with E-state index in [1.54, 1.807) is 4.68 Å². The van der Waals surface area contributed by atoms with Crippen molar-refractivity contribution in [2.45, 2.75) is 38.7 Å². The van der Waals surface area contributed by atoms with E-state index in [9.17, 15) is 4.79 Å². The van der Waals surface area contributed by atoms with Gasteiger partial charge >= 0.3 is 5.97 Å². The average Bonchev–Trinajstić information content (AvgIpc) is 3.20. The molecule has 0 saturated carbocycles. The summed E-state index contributed by atoms with van der Waals surface area (Å²) in [6.07, 6.45) is 3.50. The topological polar surface area (TPSA) is 65.4 Å². The summed E-state index contributed by atoms with van der Waals surface area (Å²) in [5.41, 5.74) is 3.75. The second-order valence-electron chi connectivity index (χ2n) is 7.95. The van der Waals surface area contributed by atoms with E-state index in [0.29, 0.717) is 17.2 Å². The van der Waals surface area contributed by atoms with Crippen LogP contribution in [0.25, 0.3) is 0 Å².